The molecule has 0 saturated heterocycles. The Hall–Kier alpha value is -3.08. The van der Waals surface area contributed by atoms with E-state index in [0.29, 0.717) is 13.0 Å². The van der Waals surface area contributed by atoms with Crippen molar-refractivity contribution in [2.24, 2.45) is 0 Å². The maximum absolute atomic E-state index is 12.1. The van der Waals surface area contributed by atoms with Gasteiger partial charge in [0.05, 0.1) is 12.6 Å². The van der Waals surface area contributed by atoms with E-state index in [0.717, 1.165) is 22.6 Å². The van der Waals surface area contributed by atoms with Crippen LogP contribution < -0.4 is 15.4 Å². The van der Waals surface area contributed by atoms with E-state index in [9.17, 15) is 9.59 Å². The van der Waals surface area contributed by atoms with E-state index in [4.69, 9.17) is 4.74 Å². The highest BCUT2D eigenvalue weighted by Gasteiger charge is 2.08. The van der Waals surface area contributed by atoms with Crippen LogP contribution in [0, 0.1) is 0 Å². The zero-order valence-corrected chi connectivity index (χ0v) is 16.0. The van der Waals surface area contributed by atoms with Gasteiger partial charge in [0.15, 0.2) is 0 Å². The molecule has 2 N–H and O–H groups in total. The average Bonchev–Trinajstić information content (AvgIpc) is 2.68. The van der Waals surface area contributed by atoms with Gasteiger partial charge >= 0.3 is 0 Å². The molecule has 2 aromatic rings. The maximum atomic E-state index is 12.1. The summed E-state index contributed by atoms with van der Waals surface area (Å²) in [6.07, 6.45) is 3.72. The lowest BCUT2D eigenvalue weighted by Crippen LogP contribution is -2.24. The normalized spacial score (nSPS) is 11.8. The maximum Gasteiger partial charge on any atom is 0.244 e. The zero-order chi connectivity index (χ0) is 19.6. The molecule has 2 rings (SSSR count). The molecule has 2 amide bonds. The monoisotopic (exact) mass is 366 g/mol. The standard InChI is InChI=1S/C22H26N2O3/c1-4-21(25)24-19-11-9-18(10-12-19)16(3)23-22(26)15-8-17-6-13-20(14-7-17)27-5-2/h6-16H,4-5H2,1-3H3,(H,23,26)(H,24,25)/b15-8+. The fraction of sp³-hybridized carbons (Fsp3) is 0.273. The Morgan fingerprint density at radius 2 is 1.70 bits per heavy atom. The molecule has 0 spiro atoms. The number of ether oxygens (including phenoxy) is 1. The van der Waals surface area contributed by atoms with Crippen molar-refractivity contribution in [1.82, 2.24) is 5.32 Å². The molecular formula is C22H26N2O3. The highest BCUT2D eigenvalue weighted by Crippen LogP contribution is 2.17. The van der Waals surface area contributed by atoms with Gasteiger partial charge in [-0.1, -0.05) is 31.2 Å². The van der Waals surface area contributed by atoms with Gasteiger partial charge < -0.3 is 15.4 Å². The molecule has 5 nitrogen and oxygen atoms in total. The molecule has 1 atom stereocenters. The van der Waals surface area contributed by atoms with E-state index >= 15 is 0 Å². The van der Waals surface area contributed by atoms with Gasteiger partial charge in [0, 0.05) is 18.2 Å². The predicted octanol–water partition coefficient (Wildman–Crippen LogP) is 4.32. The molecule has 27 heavy (non-hydrogen) atoms. The number of rotatable bonds is 8. The lowest BCUT2D eigenvalue weighted by molar-refractivity contribution is -0.117. The Bertz CT molecular complexity index is 780. The average molecular weight is 366 g/mol. The van der Waals surface area contributed by atoms with E-state index in [1.54, 1.807) is 6.08 Å². The summed E-state index contributed by atoms with van der Waals surface area (Å²) >= 11 is 0. The molecule has 142 valence electrons. The minimum atomic E-state index is -0.167. The van der Waals surface area contributed by atoms with Gasteiger partial charge in [0.1, 0.15) is 5.75 Å². The second kappa shape index (κ2) is 10.2. The van der Waals surface area contributed by atoms with Crippen LogP contribution in [0.15, 0.2) is 54.6 Å². The summed E-state index contributed by atoms with van der Waals surface area (Å²) in [6, 6.07) is 14.9. The van der Waals surface area contributed by atoms with Gasteiger partial charge in [-0.05, 0) is 55.3 Å². The van der Waals surface area contributed by atoms with Gasteiger partial charge in [-0.25, -0.2) is 0 Å². The summed E-state index contributed by atoms with van der Waals surface area (Å²) in [7, 11) is 0. The number of hydrogen-bond donors (Lipinski definition) is 2. The Morgan fingerprint density at radius 3 is 2.30 bits per heavy atom. The van der Waals surface area contributed by atoms with Crippen LogP contribution in [0.4, 0.5) is 5.69 Å². The van der Waals surface area contributed by atoms with Gasteiger partial charge in [0.2, 0.25) is 11.8 Å². The second-order valence-electron chi connectivity index (χ2n) is 6.09. The van der Waals surface area contributed by atoms with E-state index < -0.39 is 0 Å². The molecule has 0 aromatic heterocycles. The summed E-state index contributed by atoms with van der Waals surface area (Å²) in [6.45, 7) is 6.29. The van der Waals surface area contributed by atoms with Crippen LogP contribution in [0.2, 0.25) is 0 Å². The fourth-order valence-electron chi connectivity index (χ4n) is 2.46. The molecule has 0 heterocycles. The molecular weight excluding hydrogens is 340 g/mol. The van der Waals surface area contributed by atoms with Crippen molar-refractivity contribution < 1.29 is 14.3 Å². The second-order valence-corrected chi connectivity index (χ2v) is 6.09. The summed E-state index contributed by atoms with van der Waals surface area (Å²) in [5.41, 5.74) is 2.64. The van der Waals surface area contributed by atoms with E-state index in [-0.39, 0.29) is 17.9 Å². The minimum absolute atomic E-state index is 0.0245. The van der Waals surface area contributed by atoms with Crippen molar-refractivity contribution in [3.63, 3.8) is 0 Å². The number of carbonyl (C=O) groups is 2. The number of anilines is 1. The Labute approximate surface area is 160 Å². The van der Waals surface area contributed by atoms with E-state index in [1.807, 2.05) is 69.3 Å². The first-order valence-electron chi connectivity index (χ1n) is 9.13. The molecule has 5 heteroatoms. The van der Waals surface area contributed by atoms with Gasteiger partial charge in [-0.3, -0.25) is 9.59 Å². The highest BCUT2D eigenvalue weighted by atomic mass is 16.5. The first-order valence-corrected chi connectivity index (χ1v) is 9.13. The minimum Gasteiger partial charge on any atom is -0.494 e. The lowest BCUT2D eigenvalue weighted by Gasteiger charge is -2.14. The first kappa shape index (κ1) is 20.2. The highest BCUT2D eigenvalue weighted by molar-refractivity contribution is 5.92. The van der Waals surface area contributed by atoms with E-state index in [2.05, 4.69) is 10.6 Å². The van der Waals surface area contributed by atoms with Gasteiger partial charge in [-0.15, -0.1) is 0 Å². The van der Waals surface area contributed by atoms with Crippen molar-refractivity contribution in [1.29, 1.82) is 0 Å². The molecule has 0 bridgehead atoms. The zero-order valence-electron chi connectivity index (χ0n) is 16.0. The quantitative estimate of drug-likeness (QED) is 0.684. The molecule has 0 aliphatic carbocycles. The summed E-state index contributed by atoms with van der Waals surface area (Å²) < 4.78 is 5.40. The Kier molecular flexibility index (Phi) is 7.62. The van der Waals surface area contributed by atoms with E-state index in [1.165, 1.54) is 6.08 Å². The van der Waals surface area contributed by atoms with Crippen LogP contribution in [0.1, 0.15) is 44.4 Å². The Balaban J connectivity index is 1.89. The van der Waals surface area contributed by atoms with Crippen LogP contribution >= 0.6 is 0 Å². The number of carbonyl (C=O) groups excluding carboxylic acids is 2. The van der Waals surface area contributed by atoms with Crippen molar-refractivity contribution in [2.45, 2.75) is 33.2 Å². The number of amides is 2. The molecule has 0 aliphatic rings. The van der Waals surface area contributed by atoms with Gasteiger partial charge in [-0.2, -0.15) is 0 Å². The third kappa shape index (κ3) is 6.62. The number of hydrogen-bond acceptors (Lipinski definition) is 3. The fourth-order valence-corrected chi connectivity index (χ4v) is 2.46. The van der Waals surface area contributed by atoms with Crippen LogP contribution in [-0.4, -0.2) is 18.4 Å². The first-order chi connectivity index (χ1) is 13.0. The van der Waals surface area contributed by atoms with Gasteiger partial charge in [0.25, 0.3) is 0 Å². The predicted molar refractivity (Wildman–Crippen MR) is 109 cm³/mol. The topological polar surface area (TPSA) is 67.4 Å². The van der Waals surface area contributed by atoms with Crippen molar-refractivity contribution in [3.05, 3.63) is 65.7 Å². The van der Waals surface area contributed by atoms with Crippen molar-refractivity contribution in [3.8, 4) is 5.75 Å². The number of benzene rings is 2. The Morgan fingerprint density at radius 1 is 1.04 bits per heavy atom. The summed E-state index contributed by atoms with van der Waals surface area (Å²) in [5, 5.41) is 5.73. The third-order valence-electron chi connectivity index (χ3n) is 3.99. The van der Waals surface area contributed by atoms with Crippen LogP contribution in [-0.2, 0) is 9.59 Å². The molecule has 0 radical (unpaired) electrons. The summed E-state index contributed by atoms with van der Waals surface area (Å²) in [4.78, 5) is 23.5. The molecule has 0 saturated carbocycles. The third-order valence-corrected chi connectivity index (χ3v) is 3.99. The number of nitrogens with one attached hydrogen (secondary N) is 2. The van der Waals surface area contributed by atoms with Crippen LogP contribution in [0.5, 0.6) is 5.75 Å². The van der Waals surface area contributed by atoms with Crippen molar-refractivity contribution in [2.75, 3.05) is 11.9 Å². The molecule has 0 fully saturated rings. The lowest BCUT2D eigenvalue weighted by atomic mass is 10.1. The smallest absolute Gasteiger partial charge is 0.244 e. The molecule has 1 unspecified atom stereocenters. The SMILES string of the molecule is CCOc1ccc(/C=C/C(=O)NC(C)c2ccc(NC(=O)CC)cc2)cc1. The molecule has 0 aliphatic heterocycles. The van der Waals surface area contributed by atoms with Crippen molar-refractivity contribution >= 4 is 23.6 Å². The molecule has 2 aromatic carbocycles. The van der Waals surface area contributed by atoms with Crippen LogP contribution in [0.3, 0.4) is 0 Å². The van der Waals surface area contributed by atoms with Crippen LogP contribution in [0.25, 0.3) is 6.08 Å². The summed E-state index contributed by atoms with van der Waals surface area (Å²) in [5.74, 6) is 0.620. The largest absolute Gasteiger partial charge is 0.494 e.